The van der Waals surface area contributed by atoms with Crippen LogP contribution in [0.5, 0.6) is 11.5 Å². The minimum Gasteiger partial charge on any atom is -0.496 e. The number of halogens is 1. The van der Waals surface area contributed by atoms with E-state index in [1.807, 2.05) is 42.7 Å². The number of anilines is 1. The van der Waals surface area contributed by atoms with E-state index in [1.165, 1.54) is 28.4 Å². The second-order valence-corrected chi connectivity index (χ2v) is 21.0. The molecule has 2 aromatic heterocycles. The summed E-state index contributed by atoms with van der Waals surface area (Å²) in [5, 5.41) is 9.69. The van der Waals surface area contributed by atoms with E-state index in [4.69, 9.17) is 19.4 Å². The molecule has 2 saturated carbocycles. The smallest absolute Gasteiger partial charge is 0.259 e. The number of nitrogens with one attached hydrogen (secondary N) is 3. The fourth-order valence-corrected chi connectivity index (χ4v) is 10.9. The lowest BCUT2D eigenvalue weighted by Gasteiger charge is -2.30. The van der Waals surface area contributed by atoms with Crippen LogP contribution < -0.4 is 24.8 Å². The van der Waals surface area contributed by atoms with Gasteiger partial charge in [0.15, 0.2) is 0 Å². The van der Waals surface area contributed by atoms with Crippen LogP contribution >= 0.6 is 11.3 Å². The minimum atomic E-state index is -4.01. The molecule has 4 aliphatic rings. The van der Waals surface area contributed by atoms with Gasteiger partial charge in [0, 0.05) is 40.4 Å². The molecule has 0 bridgehead atoms. The number of hydrogen-bond donors (Lipinski definition) is 3. The molecule has 0 radical (unpaired) electrons. The summed E-state index contributed by atoms with van der Waals surface area (Å²) >= 11 is 1.48. The predicted molar refractivity (Wildman–Crippen MR) is 237 cm³/mol. The fraction of sp³-hybridized carbons (Fsp3) is 0.500. The predicted octanol–water partition coefficient (Wildman–Crippen LogP) is 7.47. The molecule has 3 amide bonds. The Hall–Kier alpha value is -5.09. The molecule has 4 heterocycles. The van der Waals surface area contributed by atoms with Crippen LogP contribution in [0.4, 0.5) is 10.1 Å². The van der Waals surface area contributed by atoms with Crippen molar-refractivity contribution in [3.05, 3.63) is 76.6 Å². The van der Waals surface area contributed by atoms with Crippen LogP contribution in [0.3, 0.4) is 0 Å². The topological polar surface area (TPSA) is 169 Å². The number of hydrogen-bond acceptors (Lipinski definition) is 11. The molecule has 3 N–H and O–H groups in total. The molecule has 62 heavy (non-hydrogen) atoms. The first kappa shape index (κ1) is 43.6. The van der Waals surface area contributed by atoms with Gasteiger partial charge in [-0.2, -0.15) is 0 Å². The highest BCUT2D eigenvalue weighted by Gasteiger charge is 2.63. The Morgan fingerprint density at radius 2 is 1.85 bits per heavy atom. The summed E-state index contributed by atoms with van der Waals surface area (Å²) in [5.74, 6) is -1.26. The monoisotopic (exact) mass is 886 g/mol. The Bertz CT molecular complexity index is 2540. The van der Waals surface area contributed by atoms with Crippen LogP contribution in [0.25, 0.3) is 21.6 Å². The molecule has 13 nitrogen and oxygen atoms in total. The molecule has 4 aromatic rings. The zero-order chi connectivity index (χ0) is 44.1. The van der Waals surface area contributed by atoms with Gasteiger partial charge >= 0.3 is 0 Å². The fourth-order valence-electron chi connectivity index (χ4n) is 8.62. The Kier molecular flexibility index (Phi) is 11.9. The minimum absolute atomic E-state index is 0.0234. The average molecular weight is 887 g/mol. The molecule has 5 atom stereocenters. The Labute approximate surface area is 366 Å². The van der Waals surface area contributed by atoms with Gasteiger partial charge in [-0.25, -0.2) is 22.8 Å². The highest BCUT2D eigenvalue weighted by Crippen LogP contribution is 2.48. The number of carbonyl (C=O) groups excluding carboxylic acids is 3. The van der Waals surface area contributed by atoms with Gasteiger partial charge in [0.1, 0.15) is 51.7 Å². The largest absolute Gasteiger partial charge is 0.496 e. The standard InChI is InChI=1S/C46H55FN6O7S2/c1-26(2)36-25-61-42(50-36)35-22-39(33-14-15-38(59-6)28(4)40(33)49-35)60-32-21-37-41(54)51-46(44(56)52-62(57,58)45(5)16-17-45)23-29(46)12-10-8-7-9-11-13-34(43(55)53(37)24-32)48-31-19-27(3)18-30(47)20-31/h10,12,14-15,18-20,22,25-26,29,32,34,37,48H,7-9,11,13,16-17,21,23-24H2,1-6H3,(H,51,54)(H,52,56)/b12-10-/t29-,32-,34+,37+,46-/m1/s1. The zero-order valence-electron chi connectivity index (χ0n) is 36.0. The van der Waals surface area contributed by atoms with Gasteiger partial charge in [-0.05, 0) is 101 Å². The molecule has 2 aliphatic carbocycles. The normalized spacial score (nSPS) is 25.5. The van der Waals surface area contributed by atoms with Gasteiger partial charge in [-0.15, -0.1) is 11.3 Å². The Morgan fingerprint density at radius 1 is 1.06 bits per heavy atom. The lowest BCUT2D eigenvalue weighted by Crippen LogP contribution is -2.58. The third-order valence-electron chi connectivity index (χ3n) is 12.9. The van der Waals surface area contributed by atoms with E-state index in [2.05, 4.69) is 29.2 Å². The maximum atomic E-state index is 14.9. The van der Waals surface area contributed by atoms with E-state index in [-0.39, 0.29) is 31.2 Å². The first-order chi connectivity index (χ1) is 29.5. The van der Waals surface area contributed by atoms with Crippen LogP contribution in [-0.4, -0.2) is 83.1 Å². The number of fused-ring (bicyclic) bond motifs is 3. The first-order valence-electron chi connectivity index (χ1n) is 21.5. The van der Waals surface area contributed by atoms with E-state index in [0.29, 0.717) is 76.5 Å². The maximum Gasteiger partial charge on any atom is 0.259 e. The van der Waals surface area contributed by atoms with Gasteiger partial charge in [0.05, 0.1) is 29.6 Å². The van der Waals surface area contributed by atoms with Crippen LogP contribution in [0.15, 0.2) is 53.9 Å². The van der Waals surface area contributed by atoms with E-state index < -0.39 is 62.0 Å². The van der Waals surface area contributed by atoms with Crippen molar-refractivity contribution >= 4 is 55.7 Å². The second kappa shape index (κ2) is 16.9. The Morgan fingerprint density at radius 3 is 2.56 bits per heavy atom. The molecular weight excluding hydrogens is 832 g/mol. The van der Waals surface area contributed by atoms with Crippen molar-refractivity contribution in [2.24, 2.45) is 5.92 Å². The summed E-state index contributed by atoms with van der Waals surface area (Å²) in [7, 11) is -2.40. The van der Waals surface area contributed by atoms with Crippen LogP contribution in [0.1, 0.15) is 101 Å². The van der Waals surface area contributed by atoms with Crippen molar-refractivity contribution in [1.29, 1.82) is 0 Å². The molecule has 1 saturated heterocycles. The van der Waals surface area contributed by atoms with Crippen molar-refractivity contribution in [1.82, 2.24) is 24.9 Å². The van der Waals surface area contributed by atoms with E-state index >= 15 is 0 Å². The summed E-state index contributed by atoms with van der Waals surface area (Å²) in [4.78, 5) is 55.1. The number of sulfonamides is 1. The summed E-state index contributed by atoms with van der Waals surface area (Å²) in [6.07, 6.45) is 7.77. The number of aromatic nitrogens is 2. The number of amides is 3. The van der Waals surface area contributed by atoms with Crippen LogP contribution in [-0.2, 0) is 24.4 Å². The molecule has 2 aromatic carbocycles. The number of thiazole rings is 1. The molecule has 16 heteroatoms. The molecule has 8 rings (SSSR count). The Balaban J connectivity index is 1.16. The number of rotatable bonds is 10. The number of nitrogens with zero attached hydrogens (tertiary/aromatic N) is 3. The van der Waals surface area contributed by atoms with Gasteiger partial charge in [0.25, 0.3) is 5.91 Å². The average Bonchev–Trinajstić information content (AvgIpc) is 3.99. The van der Waals surface area contributed by atoms with Gasteiger partial charge in [-0.1, -0.05) is 38.8 Å². The van der Waals surface area contributed by atoms with Crippen LogP contribution in [0, 0.1) is 25.6 Å². The first-order valence-corrected chi connectivity index (χ1v) is 23.9. The molecule has 330 valence electrons. The second-order valence-electron chi connectivity index (χ2n) is 17.9. The molecule has 2 aliphatic heterocycles. The molecule has 0 unspecified atom stereocenters. The number of benzene rings is 2. The van der Waals surface area contributed by atoms with Crippen molar-refractivity contribution in [2.45, 2.75) is 127 Å². The summed E-state index contributed by atoms with van der Waals surface area (Å²) < 4.78 is 55.0. The van der Waals surface area contributed by atoms with Gasteiger partial charge in [-0.3, -0.25) is 19.1 Å². The number of aryl methyl sites for hydroxylation is 2. The maximum absolute atomic E-state index is 14.9. The van der Waals surface area contributed by atoms with Crippen LogP contribution in [0.2, 0.25) is 0 Å². The number of pyridine rings is 1. The van der Waals surface area contributed by atoms with Crippen molar-refractivity contribution < 1.29 is 36.7 Å². The van der Waals surface area contributed by atoms with E-state index in [9.17, 15) is 27.2 Å². The lowest BCUT2D eigenvalue weighted by molar-refractivity contribution is -0.140. The highest BCUT2D eigenvalue weighted by molar-refractivity contribution is 7.91. The number of ether oxygens (including phenoxy) is 2. The molecule has 3 fully saturated rings. The SMILES string of the molecule is COc1ccc2c(O[C@@H]3C[C@H]4C(=O)N[C@]5(C(=O)NS(=O)(=O)C6(C)CC6)C[C@H]5/C=C\CCCCC[C@H](Nc5cc(C)cc(F)c5)C(=O)N4C3)cc(-c3nc(C(C)C)cs3)nc2c1C. The lowest BCUT2D eigenvalue weighted by atomic mass is 10.0. The highest BCUT2D eigenvalue weighted by atomic mass is 32.2. The summed E-state index contributed by atoms with van der Waals surface area (Å²) in [6.45, 7) is 9.48. The number of allylic oxidation sites excluding steroid dienone is 1. The third-order valence-corrected chi connectivity index (χ3v) is 15.9. The van der Waals surface area contributed by atoms with E-state index in [1.54, 1.807) is 27.0 Å². The summed E-state index contributed by atoms with van der Waals surface area (Å²) in [5.41, 5.74) is 2.62. The van der Waals surface area contributed by atoms with Crippen molar-refractivity contribution in [3.63, 3.8) is 0 Å². The third kappa shape index (κ3) is 8.64. The van der Waals surface area contributed by atoms with Crippen molar-refractivity contribution in [3.8, 4) is 22.2 Å². The quantitative estimate of drug-likeness (QED) is 0.136. The molecule has 0 spiro atoms. The number of methoxy groups -OCH3 is 1. The van der Waals surface area contributed by atoms with E-state index in [0.717, 1.165) is 24.1 Å². The zero-order valence-corrected chi connectivity index (χ0v) is 37.7. The van der Waals surface area contributed by atoms with Gasteiger partial charge < -0.3 is 25.0 Å². The number of carbonyl (C=O) groups is 3. The molecular formula is C46H55FN6O7S2. The summed E-state index contributed by atoms with van der Waals surface area (Å²) in [6, 6.07) is 8.20. The van der Waals surface area contributed by atoms with Crippen molar-refractivity contribution in [2.75, 3.05) is 19.0 Å². The van der Waals surface area contributed by atoms with Gasteiger partial charge in [0.2, 0.25) is 21.8 Å².